The summed E-state index contributed by atoms with van der Waals surface area (Å²) in [6, 6.07) is 8.83. The molecule has 0 unspecified atom stereocenters. The van der Waals surface area contributed by atoms with Crippen LogP contribution in [0.25, 0.3) is 0 Å². The zero-order chi connectivity index (χ0) is 12.4. The molecule has 2 aliphatic rings. The van der Waals surface area contributed by atoms with Crippen molar-refractivity contribution >= 4 is 6.03 Å². The zero-order valence-electron chi connectivity index (χ0n) is 10.8. The summed E-state index contributed by atoms with van der Waals surface area (Å²) in [6.45, 7) is 3.63. The Kier molecular flexibility index (Phi) is 3.22. The summed E-state index contributed by atoms with van der Waals surface area (Å²) in [4.78, 5) is 16.4. The van der Waals surface area contributed by atoms with E-state index in [1.807, 2.05) is 9.80 Å². The fourth-order valence-corrected chi connectivity index (χ4v) is 2.97. The van der Waals surface area contributed by atoms with Crippen molar-refractivity contribution < 1.29 is 4.79 Å². The highest BCUT2D eigenvalue weighted by atomic mass is 16.2. The number of fused-ring (bicyclic) bond motifs is 1. The summed E-state index contributed by atoms with van der Waals surface area (Å²) in [7, 11) is 0. The van der Waals surface area contributed by atoms with Gasteiger partial charge in [0.05, 0.1) is 0 Å². The number of benzene rings is 1. The topological polar surface area (TPSA) is 23.6 Å². The first-order valence-electron chi connectivity index (χ1n) is 6.95. The van der Waals surface area contributed by atoms with Crippen LogP contribution >= 0.6 is 0 Å². The van der Waals surface area contributed by atoms with Gasteiger partial charge in [0.15, 0.2) is 0 Å². The predicted octanol–water partition coefficient (Wildman–Crippen LogP) is 2.30. The summed E-state index contributed by atoms with van der Waals surface area (Å²) < 4.78 is 0. The lowest BCUT2D eigenvalue weighted by Gasteiger charge is -2.26. The second-order valence-corrected chi connectivity index (χ2v) is 5.23. The van der Waals surface area contributed by atoms with Crippen LogP contribution < -0.4 is 0 Å². The smallest absolute Gasteiger partial charge is 0.320 e. The fraction of sp³-hybridized carbons (Fsp3) is 0.533. The largest absolute Gasteiger partial charge is 0.325 e. The molecule has 2 amide bonds. The summed E-state index contributed by atoms with van der Waals surface area (Å²) >= 11 is 0. The molecule has 18 heavy (non-hydrogen) atoms. The first-order valence-corrected chi connectivity index (χ1v) is 6.95. The van der Waals surface area contributed by atoms with Crippen LogP contribution in [0.1, 0.15) is 24.0 Å². The van der Waals surface area contributed by atoms with E-state index in [0.29, 0.717) is 0 Å². The van der Waals surface area contributed by atoms with Gasteiger partial charge in [-0.1, -0.05) is 24.3 Å². The van der Waals surface area contributed by atoms with Gasteiger partial charge in [-0.3, -0.25) is 0 Å². The van der Waals surface area contributed by atoms with Crippen molar-refractivity contribution in [2.75, 3.05) is 26.2 Å². The normalized spacial score (nSPS) is 19.6. The molecule has 1 aromatic carbocycles. The van der Waals surface area contributed by atoms with E-state index in [-0.39, 0.29) is 6.03 Å². The number of hydrogen-bond donors (Lipinski definition) is 0. The van der Waals surface area contributed by atoms with Crippen LogP contribution in [0.3, 0.4) is 0 Å². The molecule has 0 spiro atoms. The van der Waals surface area contributed by atoms with Crippen molar-refractivity contribution in [3.05, 3.63) is 35.4 Å². The van der Waals surface area contributed by atoms with Crippen LogP contribution in [0.5, 0.6) is 0 Å². The number of hydrogen-bond acceptors (Lipinski definition) is 1. The molecule has 0 N–H and O–H groups in total. The van der Waals surface area contributed by atoms with Crippen molar-refractivity contribution in [1.29, 1.82) is 0 Å². The molecule has 3 nitrogen and oxygen atoms in total. The van der Waals surface area contributed by atoms with E-state index in [9.17, 15) is 4.79 Å². The molecule has 1 saturated heterocycles. The first kappa shape index (κ1) is 11.6. The van der Waals surface area contributed by atoms with Gasteiger partial charge in [-0.2, -0.15) is 0 Å². The van der Waals surface area contributed by atoms with E-state index in [2.05, 4.69) is 24.3 Å². The Balaban J connectivity index is 1.69. The number of amides is 2. The van der Waals surface area contributed by atoms with Crippen LogP contribution in [-0.4, -0.2) is 42.0 Å². The molecule has 1 fully saturated rings. The predicted molar refractivity (Wildman–Crippen MR) is 71.6 cm³/mol. The first-order chi connectivity index (χ1) is 8.84. The van der Waals surface area contributed by atoms with Crippen molar-refractivity contribution in [2.24, 2.45) is 0 Å². The minimum atomic E-state index is 0.250. The second kappa shape index (κ2) is 5.01. The molecule has 3 heteroatoms. The number of rotatable bonds is 0. The van der Waals surface area contributed by atoms with Gasteiger partial charge in [0.2, 0.25) is 0 Å². The Bertz CT molecular complexity index is 411. The second-order valence-electron chi connectivity index (χ2n) is 5.23. The van der Waals surface area contributed by atoms with Crippen molar-refractivity contribution in [2.45, 2.75) is 25.7 Å². The average Bonchev–Trinajstić information content (AvgIpc) is 2.85. The van der Waals surface area contributed by atoms with Crippen molar-refractivity contribution in [3.8, 4) is 0 Å². The van der Waals surface area contributed by atoms with E-state index in [4.69, 9.17) is 0 Å². The molecular formula is C15H20N2O. The Hall–Kier alpha value is -1.51. The van der Waals surface area contributed by atoms with Gasteiger partial charge >= 0.3 is 6.03 Å². The third-order valence-electron chi connectivity index (χ3n) is 4.07. The van der Waals surface area contributed by atoms with Gasteiger partial charge in [-0.25, -0.2) is 4.79 Å². The lowest BCUT2D eigenvalue weighted by molar-refractivity contribution is 0.164. The lowest BCUT2D eigenvalue weighted by atomic mass is 10.0. The van der Waals surface area contributed by atoms with E-state index < -0.39 is 0 Å². The Labute approximate surface area is 108 Å². The van der Waals surface area contributed by atoms with Crippen LogP contribution in [0.15, 0.2) is 24.3 Å². The molecule has 0 aromatic heterocycles. The molecule has 0 atom stereocenters. The van der Waals surface area contributed by atoms with Crippen LogP contribution in [-0.2, 0) is 12.8 Å². The molecule has 0 saturated carbocycles. The number of nitrogens with zero attached hydrogens (tertiary/aromatic N) is 2. The minimum absolute atomic E-state index is 0.250. The van der Waals surface area contributed by atoms with Gasteiger partial charge < -0.3 is 9.80 Å². The van der Waals surface area contributed by atoms with E-state index in [1.165, 1.54) is 24.0 Å². The Morgan fingerprint density at radius 2 is 1.33 bits per heavy atom. The van der Waals surface area contributed by atoms with E-state index >= 15 is 0 Å². The van der Waals surface area contributed by atoms with Gasteiger partial charge in [0.25, 0.3) is 0 Å². The molecule has 0 radical (unpaired) electrons. The minimum Gasteiger partial charge on any atom is -0.325 e. The Morgan fingerprint density at radius 3 is 1.89 bits per heavy atom. The molecule has 0 aliphatic carbocycles. The highest BCUT2D eigenvalue weighted by Crippen LogP contribution is 2.18. The van der Waals surface area contributed by atoms with Crippen LogP contribution in [0.4, 0.5) is 4.79 Å². The third kappa shape index (κ3) is 2.22. The molecule has 1 aromatic rings. The molecule has 2 heterocycles. The van der Waals surface area contributed by atoms with Gasteiger partial charge in [-0.15, -0.1) is 0 Å². The van der Waals surface area contributed by atoms with Crippen LogP contribution in [0.2, 0.25) is 0 Å². The van der Waals surface area contributed by atoms with E-state index in [1.54, 1.807) is 0 Å². The summed E-state index contributed by atoms with van der Waals surface area (Å²) in [5, 5.41) is 0. The zero-order valence-corrected chi connectivity index (χ0v) is 10.8. The van der Waals surface area contributed by atoms with E-state index in [0.717, 1.165) is 39.0 Å². The summed E-state index contributed by atoms with van der Waals surface area (Å²) in [6.07, 6.45) is 4.32. The maximum atomic E-state index is 12.4. The SMILES string of the molecule is O=C(N1CCCC1)N1CCc2ccccc2CC1. The quantitative estimate of drug-likeness (QED) is 0.687. The summed E-state index contributed by atoms with van der Waals surface area (Å²) in [5.74, 6) is 0. The lowest BCUT2D eigenvalue weighted by Crippen LogP contribution is -2.42. The van der Waals surface area contributed by atoms with Gasteiger partial charge in [-0.05, 0) is 36.8 Å². The van der Waals surface area contributed by atoms with Gasteiger partial charge in [0, 0.05) is 26.2 Å². The number of carbonyl (C=O) groups excluding carboxylic acids is 1. The third-order valence-corrected chi connectivity index (χ3v) is 4.07. The number of likely N-dealkylation sites (tertiary alicyclic amines) is 1. The maximum Gasteiger partial charge on any atom is 0.320 e. The molecule has 0 bridgehead atoms. The van der Waals surface area contributed by atoms with Gasteiger partial charge in [0.1, 0.15) is 0 Å². The molecule has 96 valence electrons. The fourth-order valence-electron chi connectivity index (χ4n) is 2.97. The standard InChI is InChI=1S/C15H20N2O/c18-15(16-9-3-4-10-16)17-11-7-13-5-1-2-6-14(13)8-12-17/h1-2,5-6H,3-4,7-12H2. The molecular weight excluding hydrogens is 224 g/mol. The maximum absolute atomic E-state index is 12.4. The Morgan fingerprint density at radius 1 is 0.833 bits per heavy atom. The van der Waals surface area contributed by atoms with Crippen molar-refractivity contribution in [3.63, 3.8) is 0 Å². The molecule has 2 aliphatic heterocycles. The molecule has 3 rings (SSSR count). The average molecular weight is 244 g/mol. The highest BCUT2D eigenvalue weighted by Gasteiger charge is 2.24. The van der Waals surface area contributed by atoms with Crippen LogP contribution in [0, 0.1) is 0 Å². The highest BCUT2D eigenvalue weighted by molar-refractivity contribution is 5.74. The monoisotopic (exact) mass is 244 g/mol. The summed E-state index contributed by atoms with van der Waals surface area (Å²) in [5.41, 5.74) is 2.82. The number of carbonyl (C=O) groups is 1. The number of urea groups is 1. The van der Waals surface area contributed by atoms with Crippen molar-refractivity contribution in [1.82, 2.24) is 9.80 Å².